The Kier molecular flexibility index (Phi) is 5.71. The Balaban J connectivity index is 2.20. The smallest absolute Gasteiger partial charge is 0.255 e. The van der Waals surface area contributed by atoms with Gasteiger partial charge in [0.25, 0.3) is 5.91 Å². The standard InChI is InChI=1S/C17H15N3O2S/c18-10-14(12-5-7-19-8-6-12)9-15(11-21)20-17(22)13-1-3-16(23)4-2-13/h1-11,23H,18H2,(H,20,22)/b14-10+,15-9+. The van der Waals surface area contributed by atoms with Gasteiger partial charge >= 0.3 is 0 Å². The normalized spacial score (nSPS) is 11.9. The van der Waals surface area contributed by atoms with E-state index >= 15 is 0 Å². The van der Waals surface area contributed by atoms with Gasteiger partial charge in [0.15, 0.2) is 6.29 Å². The van der Waals surface area contributed by atoms with Crippen molar-refractivity contribution >= 4 is 30.4 Å². The number of allylic oxidation sites excluding steroid dienone is 3. The molecule has 1 aromatic heterocycles. The number of hydrogen-bond acceptors (Lipinski definition) is 5. The van der Waals surface area contributed by atoms with Crippen LogP contribution in [0.4, 0.5) is 0 Å². The quantitative estimate of drug-likeness (QED) is 0.340. The molecule has 5 nitrogen and oxygen atoms in total. The second-order valence-electron chi connectivity index (χ2n) is 4.58. The predicted molar refractivity (Wildman–Crippen MR) is 91.7 cm³/mol. The van der Waals surface area contributed by atoms with Crippen molar-refractivity contribution in [2.45, 2.75) is 4.90 Å². The lowest BCUT2D eigenvalue weighted by atomic mass is 10.1. The van der Waals surface area contributed by atoms with Crippen molar-refractivity contribution in [3.05, 3.63) is 77.9 Å². The van der Waals surface area contributed by atoms with E-state index in [1.54, 1.807) is 48.8 Å². The van der Waals surface area contributed by atoms with Gasteiger partial charge in [-0.15, -0.1) is 12.6 Å². The second-order valence-corrected chi connectivity index (χ2v) is 5.09. The number of amides is 1. The van der Waals surface area contributed by atoms with E-state index < -0.39 is 0 Å². The summed E-state index contributed by atoms with van der Waals surface area (Å²) < 4.78 is 0. The number of pyridine rings is 1. The van der Waals surface area contributed by atoms with Gasteiger partial charge in [0, 0.05) is 29.1 Å². The van der Waals surface area contributed by atoms with E-state index in [0.717, 1.165) is 10.5 Å². The molecule has 1 heterocycles. The molecule has 0 aliphatic rings. The SMILES string of the molecule is N/C=C(\C=C(/C=O)NC(=O)c1ccc(S)cc1)c1ccncc1. The summed E-state index contributed by atoms with van der Waals surface area (Å²) >= 11 is 4.16. The summed E-state index contributed by atoms with van der Waals surface area (Å²) in [6.07, 6.45) is 6.67. The van der Waals surface area contributed by atoms with E-state index in [2.05, 4.69) is 22.9 Å². The van der Waals surface area contributed by atoms with Crippen molar-refractivity contribution < 1.29 is 9.59 Å². The number of aldehydes is 1. The van der Waals surface area contributed by atoms with Crippen LogP contribution in [0.1, 0.15) is 15.9 Å². The van der Waals surface area contributed by atoms with Crippen molar-refractivity contribution in [3.63, 3.8) is 0 Å². The molecule has 0 atom stereocenters. The number of benzene rings is 1. The van der Waals surface area contributed by atoms with Crippen molar-refractivity contribution in [2.75, 3.05) is 0 Å². The molecule has 0 bridgehead atoms. The van der Waals surface area contributed by atoms with E-state index in [-0.39, 0.29) is 11.6 Å². The third-order valence-corrected chi connectivity index (χ3v) is 3.32. The van der Waals surface area contributed by atoms with Crippen LogP contribution >= 0.6 is 12.6 Å². The second kappa shape index (κ2) is 7.95. The number of carbonyl (C=O) groups excluding carboxylic acids is 2. The minimum atomic E-state index is -0.386. The molecule has 1 aromatic carbocycles. The summed E-state index contributed by atoms with van der Waals surface area (Å²) in [6.45, 7) is 0. The van der Waals surface area contributed by atoms with Crippen LogP contribution in [-0.2, 0) is 4.79 Å². The van der Waals surface area contributed by atoms with Gasteiger partial charge in [-0.3, -0.25) is 14.6 Å². The maximum absolute atomic E-state index is 12.1. The van der Waals surface area contributed by atoms with E-state index in [0.29, 0.717) is 17.4 Å². The van der Waals surface area contributed by atoms with Crippen molar-refractivity contribution in [1.82, 2.24) is 10.3 Å². The lowest BCUT2D eigenvalue weighted by molar-refractivity contribution is -0.105. The Morgan fingerprint density at radius 2 is 1.74 bits per heavy atom. The first-order valence-corrected chi connectivity index (χ1v) is 7.18. The van der Waals surface area contributed by atoms with Gasteiger partial charge in [-0.25, -0.2) is 0 Å². The Morgan fingerprint density at radius 1 is 1.09 bits per heavy atom. The summed E-state index contributed by atoms with van der Waals surface area (Å²) in [5.41, 5.74) is 7.53. The highest BCUT2D eigenvalue weighted by Crippen LogP contribution is 2.15. The number of hydrogen-bond donors (Lipinski definition) is 3. The summed E-state index contributed by atoms with van der Waals surface area (Å²) in [5.74, 6) is -0.386. The fourth-order valence-corrected chi connectivity index (χ4v) is 2.00. The first-order valence-electron chi connectivity index (χ1n) is 6.73. The molecule has 0 spiro atoms. The fourth-order valence-electron chi connectivity index (χ4n) is 1.86. The maximum atomic E-state index is 12.1. The van der Waals surface area contributed by atoms with E-state index in [1.807, 2.05) is 0 Å². The third kappa shape index (κ3) is 4.55. The number of rotatable bonds is 5. The molecular formula is C17H15N3O2S. The van der Waals surface area contributed by atoms with E-state index in [1.165, 1.54) is 12.3 Å². The Morgan fingerprint density at radius 3 is 2.30 bits per heavy atom. The fraction of sp³-hybridized carbons (Fsp3) is 0. The highest BCUT2D eigenvalue weighted by atomic mass is 32.1. The van der Waals surface area contributed by atoms with Gasteiger partial charge in [-0.1, -0.05) is 0 Å². The molecule has 1 amide bonds. The third-order valence-electron chi connectivity index (χ3n) is 3.02. The van der Waals surface area contributed by atoms with Gasteiger partial charge in [0.05, 0.1) is 5.70 Å². The minimum absolute atomic E-state index is 0.110. The predicted octanol–water partition coefficient (Wildman–Crippen LogP) is 2.18. The average molecular weight is 325 g/mol. The maximum Gasteiger partial charge on any atom is 0.255 e. The summed E-state index contributed by atoms with van der Waals surface area (Å²) in [4.78, 5) is 28.0. The Hall–Kier alpha value is -2.86. The molecule has 3 N–H and O–H groups in total. The lowest BCUT2D eigenvalue weighted by Gasteiger charge is -2.07. The first kappa shape index (κ1) is 16.5. The molecule has 2 rings (SSSR count). The molecule has 0 aliphatic heterocycles. The molecule has 0 radical (unpaired) electrons. The number of nitrogens with zero attached hydrogens (tertiary/aromatic N) is 1. The Labute approximate surface area is 139 Å². The molecule has 0 fully saturated rings. The summed E-state index contributed by atoms with van der Waals surface area (Å²) in [6, 6.07) is 10.2. The van der Waals surface area contributed by atoms with Crippen LogP contribution in [0.5, 0.6) is 0 Å². The number of nitrogens with two attached hydrogens (primary N) is 1. The van der Waals surface area contributed by atoms with Gasteiger partial charge in [-0.2, -0.15) is 0 Å². The van der Waals surface area contributed by atoms with Crippen LogP contribution in [0.25, 0.3) is 5.57 Å². The molecule has 0 saturated carbocycles. The summed E-state index contributed by atoms with van der Waals surface area (Å²) in [5, 5.41) is 2.55. The van der Waals surface area contributed by atoms with Crippen LogP contribution in [0.15, 0.2) is 71.7 Å². The zero-order chi connectivity index (χ0) is 16.7. The zero-order valence-electron chi connectivity index (χ0n) is 12.1. The van der Waals surface area contributed by atoms with Gasteiger partial charge in [-0.05, 0) is 53.6 Å². The highest BCUT2D eigenvalue weighted by Gasteiger charge is 2.08. The molecule has 0 saturated heterocycles. The van der Waals surface area contributed by atoms with Crippen LogP contribution < -0.4 is 11.1 Å². The zero-order valence-corrected chi connectivity index (χ0v) is 13.0. The van der Waals surface area contributed by atoms with Crippen molar-refractivity contribution in [3.8, 4) is 0 Å². The summed E-state index contributed by atoms with van der Waals surface area (Å²) in [7, 11) is 0. The number of carbonyl (C=O) groups is 2. The molecule has 116 valence electrons. The van der Waals surface area contributed by atoms with Crippen molar-refractivity contribution in [2.24, 2.45) is 5.73 Å². The molecule has 23 heavy (non-hydrogen) atoms. The monoisotopic (exact) mass is 325 g/mol. The van der Waals surface area contributed by atoms with Crippen LogP contribution in [-0.4, -0.2) is 17.2 Å². The molecular weight excluding hydrogens is 310 g/mol. The molecule has 0 aliphatic carbocycles. The topological polar surface area (TPSA) is 85.1 Å². The number of thiol groups is 1. The molecule has 0 unspecified atom stereocenters. The van der Waals surface area contributed by atoms with E-state index in [9.17, 15) is 9.59 Å². The van der Waals surface area contributed by atoms with Crippen LogP contribution in [0.2, 0.25) is 0 Å². The van der Waals surface area contributed by atoms with Crippen LogP contribution in [0.3, 0.4) is 0 Å². The lowest BCUT2D eigenvalue weighted by Crippen LogP contribution is -2.23. The highest BCUT2D eigenvalue weighted by molar-refractivity contribution is 7.80. The van der Waals surface area contributed by atoms with Crippen molar-refractivity contribution in [1.29, 1.82) is 0 Å². The van der Waals surface area contributed by atoms with Gasteiger partial charge < -0.3 is 11.1 Å². The van der Waals surface area contributed by atoms with Gasteiger partial charge in [0.1, 0.15) is 0 Å². The Bertz CT molecular complexity index is 753. The molecule has 2 aromatic rings. The number of aromatic nitrogens is 1. The molecule has 6 heteroatoms. The van der Waals surface area contributed by atoms with Crippen LogP contribution in [0, 0.1) is 0 Å². The number of nitrogens with one attached hydrogen (secondary N) is 1. The van der Waals surface area contributed by atoms with E-state index in [4.69, 9.17) is 5.73 Å². The first-order chi connectivity index (χ1) is 11.1. The average Bonchev–Trinajstić information content (AvgIpc) is 2.59. The largest absolute Gasteiger partial charge is 0.404 e. The minimum Gasteiger partial charge on any atom is -0.404 e. The van der Waals surface area contributed by atoms with Gasteiger partial charge in [0.2, 0.25) is 0 Å².